The number of aromatic nitrogens is 1. The summed E-state index contributed by atoms with van der Waals surface area (Å²) in [4.78, 5) is 18.3. The minimum absolute atomic E-state index is 0.108. The van der Waals surface area contributed by atoms with Gasteiger partial charge in [-0.1, -0.05) is 42.1 Å². The van der Waals surface area contributed by atoms with Gasteiger partial charge in [-0.15, -0.1) is 0 Å². The molecule has 3 rings (SSSR count). The van der Waals surface area contributed by atoms with Gasteiger partial charge in [-0.25, -0.2) is 4.79 Å². The largest absolute Gasteiger partial charge is 0.351 e. The van der Waals surface area contributed by atoms with Gasteiger partial charge in [-0.2, -0.15) is 0 Å². The van der Waals surface area contributed by atoms with E-state index in [4.69, 9.17) is 5.73 Å². The highest BCUT2D eigenvalue weighted by Crippen LogP contribution is 2.50. The summed E-state index contributed by atoms with van der Waals surface area (Å²) in [5, 5.41) is -0.108. The van der Waals surface area contributed by atoms with Gasteiger partial charge < -0.3 is 5.73 Å². The highest BCUT2D eigenvalue weighted by molar-refractivity contribution is 8.00. The van der Waals surface area contributed by atoms with Crippen molar-refractivity contribution in [2.75, 3.05) is 4.90 Å². The molecule has 2 N–H and O–H groups in total. The molecule has 0 saturated carbocycles. The van der Waals surface area contributed by atoms with Crippen LogP contribution in [0.1, 0.15) is 10.9 Å². The molecule has 1 atom stereocenters. The van der Waals surface area contributed by atoms with Crippen molar-refractivity contribution in [2.45, 2.75) is 10.3 Å². The predicted molar refractivity (Wildman–Crippen MR) is 71.3 cm³/mol. The first kappa shape index (κ1) is 11.1. The second-order valence-electron chi connectivity index (χ2n) is 3.93. The Kier molecular flexibility index (Phi) is 2.68. The summed E-state index contributed by atoms with van der Waals surface area (Å²) >= 11 is 1.59. The van der Waals surface area contributed by atoms with E-state index in [0.717, 1.165) is 16.1 Å². The third-order valence-corrected chi connectivity index (χ3v) is 4.09. The fourth-order valence-electron chi connectivity index (χ4n) is 2.03. The molecule has 0 fully saturated rings. The van der Waals surface area contributed by atoms with E-state index in [1.54, 1.807) is 29.1 Å². The summed E-state index contributed by atoms with van der Waals surface area (Å²) < 4.78 is 0. The summed E-state index contributed by atoms with van der Waals surface area (Å²) in [6.07, 6.45) is 3.43. The molecule has 0 spiro atoms. The summed E-state index contributed by atoms with van der Waals surface area (Å²) in [6, 6.07) is 11.2. The lowest BCUT2D eigenvalue weighted by Gasteiger charge is -2.22. The van der Waals surface area contributed by atoms with Crippen LogP contribution in [0.15, 0.2) is 53.7 Å². The molecule has 1 aromatic heterocycles. The maximum Gasteiger partial charge on any atom is 0.320 e. The lowest BCUT2D eigenvalue weighted by atomic mass is 10.2. The zero-order valence-electron chi connectivity index (χ0n) is 9.48. The average molecular weight is 257 g/mol. The van der Waals surface area contributed by atoms with E-state index in [-0.39, 0.29) is 5.37 Å². The molecule has 0 radical (unpaired) electrons. The first-order valence-electron chi connectivity index (χ1n) is 5.51. The molecule has 0 aliphatic carbocycles. The second kappa shape index (κ2) is 4.34. The summed E-state index contributed by atoms with van der Waals surface area (Å²) in [5.74, 6) is 0. The van der Waals surface area contributed by atoms with E-state index in [2.05, 4.69) is 4.98 Å². The number of fused-ring (bicyclic) bond motifs is 1. The van der Waals surface area contributed by atoms with Gasteiger partial charge in [0.25, 0.3) is 0 Å². The van der Waals surface area contributed by atoms with Crippen molar-refractivity contribution < 1.29 is 4.79 Å². The number of anilines is 1. The van der Waals surface area contributed by atoms with Gasteiger partial charge in [-0.05, 0) is 11.6 Å². The lowest BCUT2D eigenvalue weighted by Crippen LogP contribution is -2.35. The van der Waals surface area contributed by atoms with E-state index in [0.29, 0.717) is 0 Å². The van der Waals surface area contributed by atoms with Crippen molar-refractivity contribution in [2.24, 2.45) is 5.73 Å². The zero-order valence-corrected chi connectivity index (χ0v) is 10.3. The Hall–Kier alpha value is -2.01. The Labute approximate surface area is 109 Å². The van der Waals surface area contributed by atoms with Gasteiger partial charge in [0.2, 0.25) is 0 Å². The van der Waals surface area contributed by atoms with E-state index in [9.17, 15) is 4.79 Å². The van der Waals surface area contributed by atoms with E-state index >= 15 is 0 Å². The van der Waals surface area contributed by atoms with Gasteiger partial charge in [0, 0.05) is 12.4 Å². The molecule has 1 aliphatic heterocycles. The molecule has 2 aromatic rings. The highest BCUT2D eigenvalue weighted by Gasteiger charge is 2.34. The first-order valence-corrected chi connectivity index (χ1v) is 6.39. The average Bonchev–Trinajstić information content (AvgIpc) is 2.79. The smallest absolute Gasteiger partial charge is 0.320 e. The van der Waals surface area contributed by atoms with Crippen molar-refractivity contribution in [1.82, 2.24) is 4.98 Å². The number of nitrogens with zero attached hydrogens (tertiary/aromatic N) is 2. The number of pyridine rings is 1. The van der Waals surface area contributed by atoms with Crippen LogP contribution in [0.25, 0.3) is 0 Å². The Morgan fingerprint density at radius 2 is 2.06 bits per heavy atom. The Morgan fingerprint density at radius 3 is 2.78 bits per heavy atom. The molecule has 18 heavy (non-hydrogen) atoms. The standard InChI is InChI=1S/C13H11N3OS/c14-13(17)16-10-6-7-15-8-11(10)18-12(16)9-4-2-1-3-5-9/h1-8,12H,(H2,14,17). The van der Waals surface area contributed by atoms with E-state index < -0.39 is 6.03 Å². The van der Waals surface area contributed by atoms with Crippen LogP contribution in [0.2, 0.25) is 0 Å². The Bertz CT molecular complexity index is 588. The third kappa shape index (κ3) is 1.73. The van der Waals surface area contributed by atoms with E-state index in [1.165, 1.54) is 0 Å². The van der Waals surface area contributed by atoms with Crippen LogP contribution in [-0.2, 0) is 0 Å². The SMILES string of the molecule is NC(=O)N1c2ccncc2SC1c1ccccc1. The summed E-state index contributed by atoms with van der Waals surface area (Å²) in [7, 11) is 0. The number of benzene rings is 1. The van der Waals surface area contributed by atoms with Crippen molar-refractivity contribution in [3.05, 3.63) is 54.4 Å². The van der Waals surface area contributed by atoms with E-state index in [1.807, 2.05) is 36.4 Å². The highest BCUT2D eigenvalue weighted by atomic mass is 32.2. The minimum Gasteiger partial charge on any atom is -0.351 e. The summed E-state index contributed by atoms with van der Waals surface area (Å²) in [5.41, 5.74) is 7.38. The van der Waals surface area contributed by atoms with Gasteiger partial charge in [-0.3, -0.25) is 9.88 Å². The zero-order chi connectivity index (χ0) is 12.5. The minimum atomic E-state index is -0.443. The van der Waals surface area contributed by atoms with Crippen molar-refractivity contribution in [1.29, 1.82) is 0 Å². The molecule has 1 unspecified atom stereocenters. The second-order valence-corrected chi connectivity index (χ2v) is 5.05. The van der Waals surface area contributed by atoms with Crippen molar-refractivity contribution >= 4 is 23.5 Å². The molecule has 5 heteroatoms. The molecule has 1 aliphatic rings. The fraction of sp³-hybridized carbons (Fsp3) is 0.0769. The topological polar surface area (TPSA) is 59.2 Å². The number of urea groups is 1. The molecule has 2 amide bonds. The lowest BCUT2D eigenvalue weighted by molar-refractivity contribution is 0.253. The molecule has 1 aromatic carbocycles. The number of amides is 2. The molecule has 90 valence electrons. The predicted octanol–water partition coefficient (Wildman–Crippen LogP) is 2.77. The van der Waals surface area contributed by atoms with Crippen LogP contribution in [0, 0.1) is 0 Å². The van der Waals surface area contributed by atoms with Crippen LogP contribution < -0.4 is 10.6 Å². The van der Waals surface area contributed by atoms with Crippen LogP contribution in [0.4, 0.5) is 10.5 Å². The molecule has 0 bridgehead atoms. The maximum atomic E-state index is 11.7. The molecule has 0 saturated heterocycles. The van der Waals surface area contributed by atoms with Crippen LogP contribution in [-0.4, -0.2) is 11.0 Å². The molecule has 2 heterocycles. The normalized spacial score (nSPS) is 17.6. The van der Waals surface area contributed by atoms with Crippen LogP contribution in [0.3, 0.4) is 0 Å². The van der Waals surface area contributed by atoms with Gasteiger partial charge in [0.1, 0.15) is 5.37 Å². The molecular formula is C13H11N3OS. The van der Waals surface area contributed by atoms with Gasteiger partial charge >= 0.3 is 6.03 Å². The monoisotopic (exact) mass is 257 g/mol. The van der Waals surface area contributed by atoms with Crippen molar-refractivity contribution in [3.8, 4) is 0 Å². The quantitative estimate of drug-likeness (QED) is 0.854. The Balaban J connectivity index is 2.06. The number of hydrogen-bond donors (Lipinski definition) is 1. The Morgan fingerprint density at radius 1 is 1.28 bits per heavy atom. The number of rotatable bonds is 1. The molecular weight excluding hydrogens is 246 g/mol. The fourth-order valence-corrected chi connectivity index (χ4v) is 3.30. The summed E-state index contributed by atoms with van der Waals surface area (Å²) in [6.45, 7) is 0. The van der Waals surface area contributed by atoms with Gasteiger partial charge in [0.05, 0.1) is 10.6 Å². The number of nitrogens with two attached hydrogens (primary N) is 1. The first-order chi connectivity index (χ1) is 8.77. The number of carbonyl (C=O) groups is 1. The number of thioether (sulfide) groups is 1. The third-order valence-electron chi connectivity index (χ3n) is 2.82. The number of hydrogen-bond acceptors (Lipinski definition) is 3. The molecule has 4 nitrogen and oxygen atoms in total. The van der Waals surface area contributed by atoms with Gasteiger partial charge in [0.15, 0.2) is 0 Å². The number of carbonyl (C=O) groups excluding carboxylic acids is 1. The van der Waals surface area contributed by atoms with Crippen LogP contribution >= 0.6 is 11.8 Å². The maximum absolute atomic E-state index is 11.7. The number of primary amides is 1. The van der Waals surface area contributed by atoms with Crippen LogP contribution in [0.5, 0.6) is 0 Å². The van der Waals surface area contributed by atoms with Crippen molar-refractivity contribution in [3.63, 3.8) is 0 Å².